The highest BCUT2D eigenvalue weighted by atomic mass is 32.1. The number of piperidine rings is 1. The van der Waals surface area contributed by atoms with Crippen molar-refractivity contribution in [2.45, 2.75) is 71.3 Å². The number of amides is 2. The van der Waals surface area contributed by atoms with Crippen molar-refractivity contribution in [3.05, 3.63) is 27.5 Å². The fourth-order valence-corrected chi connectivity index (χ4v) is 5.37. The summed E-state index contributed by atoms with van der Waals surface area (Å²) < 4.78 is 5.06. The predicted octanol–water partition coefficient (Wildman–Crippen LogP) is 4.53. The number of nitrogens with zero attached hydrogens (tertiary/aromatic N) is 2. The molecule has 2 aliphatic rings. The van der Waals surface area contributed by atoms with Crippen molar-refractivity contribution in [1.82, 2.24) is 4.90 Å². The molecule has 2 amide bonds. The van der Waals surface area contributed by atoms with E-state index in [1.54, 1.807) is 16.8 Å². The van der Waals surface area contributed by atoms with Crippen LogP contribution in [0.5, 0.6) is 0 Å². The minimum Gasteiger partial charge on any atom is -0.465 e. The zero-order chi connectivity index (χ0) is 22.9. The molecule has 0 radical (unpaired) electrons. The van der Waals surface area contributed by atoms with Gasteiger partial charge < -0.3 is 9.64 Å². The number of hydrogen-bond donors (Lipinski definition) is 0. The van der Waals surface area contributed by atoms with Crippen molar-refractivity contribution in [1.29, 1.82) is 0 Å². The Bertz CT molecular complexity index is 896. The number of ether oxygens (including phenoxy) is 1. The topological polar surface area (TPSA) is 66.9 Å². The lowest BCUT2D eigenvalue weighted by Crippen LogP contribution is -2.55. The highest BCUT2D eigenvalue weighted by Gasteiger charge is 2.41. The van der Waals surface area contributed by atoms with Gasteiger partial charge in [0, 0.05) is 24.4 Å². The van der Waals surface area contributed by atoms with E-state index in [4.69, 9.17) is 4.74 Å². The molecule has 170 valence electrons. The summed E-state index contributed by atoms with van der Waals surface area (Å²) in [5.41, 5.74) is 1.62. The summed E-state index contributed by atoms with van der Waals surface area (Å²) in [6.07, 6.45) is 5.85. The second kappa shape index (κ2) is 9.15. The highest BCUT2D eigenvalue weighted by Crippen LogP contribution is 2.41. The van der Waals surface area contributed by atoms with Gasteiger partial charge in [-0.3, -0.25) is 14.5 Å². The van der Waals surface area contributed by atoms with E-state index < -0.39 is 12.0 Å². The number of rotatable bonds is 4. The lowest BCUT2D eigenvalue weighted by atomic mass is 9.88. The van der Waals surface area contributed by atoms with Crippen molar-refractivity contribution in [3.63, 3.8) is 0 Å². The van der Waals surface area contributed by atoms with Crippen LogP contribution in [0.25, 0.3) is 0 Å². The quantitative estimate of drug-likeness (QED) is 0.503. The van der Waals surface area contributed by atoms with Crippen LogP contribution >= 0.6 is 11.3 Å². The van der Waals surface area contributed by atoms with Crippen molar-refractivity contribution < 1.29 is 19.1 Å². The Kier molecular flexibility index (Phi) is 6.94. The van der Waals surface area contributed by atoms with Gasteiger partial charge in [-0.2, -0.15) is 0 Å². The summed E-state index contributed by atoms with van der Waals surface area (Å²) in [5.74, 6) is -0.793. The molecule has 1 unspecified atom stereocenters. The number of methoxy groups -OCH3 is 1. The molecule has 6 nitrogen and oxygen atoms in total. The van der Waals surface area contributed by atoms with Gasteiger partial charge in [0.1, 0.15) is 10.9 Å². The highest BCUT2D eigenvalue weighted by molar-refractivity contribution is 7.14. The zero-order valence-electron chi connectivity index (χ0n) is 19.5. The van der Waals surface area contributed by atoms with Crippen LogP contribution in [0, 0.1) is 5.92 Å². The number of esters is 1. The minimum atomic E-state index is -0.593. The van der Waals surface area contributed by atoms with Crippen LogP contribution in [0.2, 0.25) is 0 Å². The summed E-state index contributed by atoms with van der Waals surface area (Å²) in [4.78, 5) is 44.4. The molecule has 0 spiro atoms. The molecular formula is C24H34N2O4S. The standard InChI is InChI=1S/C24H34N2O4S/c1-15-9-11-16(12-10-15)21(27)26(17-8-7-13-25(5)22(17)28)18-14-19(24(2,3)4)31-20(18)23(29)30-6/h9,14,16-17H,7-8,10-13H2,1-6H3/t16?,17-/m0/s1. The van der Waals surface area contributed by atoms with Gasteiger partial charge >= 0.3 is 5.97 Å². The molecule has 2 atom stereocenters. The maximum Gasteiger partial charge on any atom is 0.350 e. The number of thiophene rings is 1. The maximum atomic E-state index is 13.9. The van der Waals surface area contributed by atoms with E-state index in [9.17, 15) is 14.4 Å². The van der Waals surface area contributed by atoms with Gasteiger partial charge in [0.15, 0.2) is 0 Å². The molecule has 7 heteroatoms. The van der Waals surface area contributed by atoms with E-state index in [2.05, 4.69) is 33.8 Å². The SMILES string of the molecule is COC(=O)c1sc(C(C)(C)C)cc1N(C(=O)C1CC=C(C)CC1)[C@H]1CCCN(C)C1=O. The first-order chi connectivity index (χ1) is 14.5. The molecule has 1 aliphatic heterocycles. The summed E-state index contributed by atoms with van der Waals surface area (Å²) in [6.45, 7) is 8.99. The summed E-state index contributed by atoms with van der Waals surface area (Å²) in [6, 6.07) is 1.32. The summed E-state index contributed by atoms with van der Waals surface area (Å²) in [5, 5.41) is 0. The zero-order valence-corrected chi connectivity index (χ0v) is 20.3. The average molecular weight is 447 g/mol. The molecule has 2 heterocycles. The van der Waals surface area contributed by atoms with Gasteiger partial charge in [0.25, 0.3) is 0 Å². The van der Waals surface area contributed by atoms with Crippen molar-refractivity contribution in [3.8, 4) is 0 Å². The molecule has 1 fully saturated rings. The lowest BCUT2D eigenvalue weighted by molar-refractivity contribution is -0.136. The number of likely N-dealkylation sites (N-methyl/N-ethyl adjacent to an activating group) is 1. The Morgan fingerprint density at radius 3 is 2.55 bits per heavy atom. The van der Waals surface area contributed by atoms with E-state index in [-0.39, 0.29) is 23.1 Å². The second-order valence-electron chi connectivity index (χ2n) is 9.71. The maximum absolute atomic E-state index is 13.9. The van der Waals surface area contributed by atoms with E-state index in [1.165, 1.54) is 24.0 Å². The smallest absolute Gasteiger partial charge is 0.350 e. The lowest BCUT2D eigenvalue weighted by Gasteiger charge is -2.39. The van der Waals surface area contributed by atoms with Crippen LogP contribution in [0.1, 0.15) is 74.3 Å². The number of likely N-dealkylation sites (tertiary alicyclic amines) is 1. The fraction of sp³-hybridized carbons (Fsp3) is 0.625. The Morgan fingerprint density at radius 2 is 1.97 bits per heavy atom. The first-order valence-corrected chi connectivity index (χ1v) is 11.8. The molecule has 1 saturated heterocycles. The van der Waals surface area contributed by atoms with Crippen LogP contribution < -0.4 is 4.90 Å². The number of hydrogen-bond acceptors (Lipinski definition) is 5. The Balaban J connectivity index is 2.12. The molecule has 0 N–H and O–H groups in total. The average Bonchev–Trinajstić information content (AvgIpc) is 3.16. The van der Waals surface area contributed by atoms with Gasteiger partial charge in [-0.1, -0.05) is 32.4 Å². The first kappa shape index (κ1) is 23.5. The van der Waals surface area contributed by atoms with E-state index in [1.807, 2.05) is 6.07 Å². The third kappa shape index (κ3) is 4.86. The van der Waals surface area contributed by atoms with Gasteiger partial charge in [-0.15, -0.1) is 11.3 Å². The molecule has 1 aliphatic carbocycles. The summed E-state index contributed by atoms with van der Waals surface area (Å²) >= 11 is 1.35. The second-order valence-corrected chi connectivity index (χ2v) is 10.8. The van der Waals surface area contributed by atoms with Gasteiger partial charge in [-0.25, -0.2) is 4.79 Å². The number of carbonyl (C=O) groups is 3. The first-order valence-electron chi connectivity index (χ1n) is 11.0. The third-order valence-corrected chi connectivity index (χ3v) is 7.78. The third-order valence-electron chi connectivity index (χ3n) is 6.25. The van der Waals surface area contributed by atoms with Crippen LogP contribution in [0.3, 0.4) is 0 Å². The van der Waals surface area contributed by atoms with Gasteiger partial charge in [0.2, 0.25) is 11.8 Å². The van der Waals surface area contributed by atoms with Crippen LogP contribution in [0.15, 0.2) is 17.7 Å². The molecule has 1 aromatic heterocycles. The monoisotopic (exact) mass is 446 g/mol. The van der Waals surface area contributed by atoms with E-state index in [0.29, 0.717) is 30.0 Å². The van der Waals surface area contributed by atoms with E-state index in [0.717, 1.165) is 24.1 Å². The number of anilines is 1. The van der Waals surface area contributed by atoms with E-state index >= 15 is 0 Å². The molecule has 3 rings (SSSR count). The molecule has 0 saturated carbocycles. The van der Waals surface area contributed by atoms with Crippen molar-refractivity contribution in [2.75, 3.05) is 25.6 Å². The van der Waals surface area contributed by atoms with Crippen LogP contribution in [-0.4, -0.2) is 49.4 Å². The Morgan fingerprint density at radius 1 is 1.26 bits per heavy atom. The van der Waals surface area contributed by atoms with Gasteiger partial charge in [0.05, 0.1) is 12.8 Å². The number of allylic oxidation sites excluding steroid dienone is 2. The fourth-order valence-electron chi connectivity index (χ4n) is 4.24. The molecule has 31 heavy (non-hydrogen) atoms. The normalized spacial score (nSPS) is 22.2. The molecule has 1 aromatic rings. The summed E-state index contributed by atoms with van der Waals surface area (Å²) in [7, 11) is 3.13. The largest absolute Gasteiger partial charge is 0.465 e. The molecule has 0 bridgehead atoms. The van der Waals surface area contributed by atoms with Gasteiger partial charge in [-0.05, 0) is 50.5 Å². The minimum absolute atomic E-state index is 0.0681. The molecular weight excluding hydrogens is 412 g/mol. The molecule has 0 aromatic carbocycles. The van der Waals surface area contributed by atoms with Crippen LogP contribution in [0.4, 0.5) is 5.69 Å². The number of carbonyl (C=O) groups excluding carboxylic acids is 3. The van der Waals surface area contributed by atoms with Crippen LogP contribution in [-0.2, 0) is 19.7 Å². The Labute approximate surface area is 189 Å². The van der Waals surface area contributed by atoms with Crippen molar-refractivity contribution >= 4 is 34.8 Å². The predicted molar refractivity (Wildman–Crippen MR) is 124 cm³/mol. The van der Waals surface area contributed by atoms with Crippen molar-refractivity contribution in [2.24, 2.45) is 5.92 Å². The Hall–Kier alpha value is -2.15.